The number of benzene rings is 6. The summed E-state index contributed by atoms with van der Waals surface area (Å²) in [6.07, 6.45) is 0. The van der Waals surface area contributed by atoms with Gasteiger partial charge in [-0.25, -0.2) is 4.79 Å². The minimum absolute atomic E-state index is 0.0342. The van der Waals surface area contributed by atoms with E-state index in [-0.39, 0.29) is 55.5 Å². The average molecular weight is 771 g/mol. The molecule has 0 saturated heterocycles. The zero-order chi connectivity index (χ0) is 39.1. The quantitative estimate of drug-likeness (QED) is 0.0628. The molecule has 0 aromatic heterocycles. The summed E-state index contributed by atoms with van der Waals surface area (Å²) < 4.78 is 67.8. The highest BCUT2D eigenvalue weighted by Gasteiger charge is 2.22. The summed E-state index contributed by atoms with van der Waals surface area (Å²) >= 11 is 0. The second-order valence-corrected chi connectivity index (χ2v) is 14.9. The Morgan fingerprint density at radius 3 is 1.20 bits per heavy atom. The van der Waals surface area contributed by atoms with Gasteiger partial charge in [0.15, 0.2) is 0 Å². The van der Waals surface area contributed by atoms with Crippen LogP contribution in [0.1, 0.15) is 31.8 Å². The first-order valence-corrected chi connectivity index (χ1v) is 18.7. The number of phenols is 2. The van der Waals surface area contributed by atoms with Crippen LogP contribution in [0.3, 0.4) is 0 Å². The molecule has 6 rings (SSSR count). The van der Waals surface area contributed by atoms with Gasteiger partial charge in [0, 0.05) is 44.0 Å². The van der Waals surface area contributed by atoms with Gasteiger partial charge < -0.3 is 20.8 Å². The number of phenolic OH excluding ortho intramolecular Hbond substituents is 2. The van der Waals surface area contributed by atoms with E-state index < -0.39 is 47.9 Å². The molecule has 0 bridgehead atoms. The van der Waals surface area contributed by atoms with Gasteiger partial charge in [0.2, 0.25) is 0 Å². The van der Waals surface area contributed by atoms with Crippen molar-refractivity contribution in [1.29, 1.82) is 0 Å². The molecule has 0 saturated carbocycles. The molecule has 0 fully saturated rings. The van der Waals surface area contributed by atoms with E-state index in [2.05, 4.69) is 21.3 Å². The average Bonchev–Trinajstić information content (AvgIpc) is 3.09. The third kappa shape index (κ3) is 7.50. The molecule has 54 heavy (non-hydrogen) atoms. The SMILES string of the molecule is Cc1cc(Nc2cc(S(=O)(=O)O)c3ccccc3c2O)ccc1C(=O)NC(=O)NC(=O)c1ccc(Nc2cc(S(=O)(=O)O)c3ccccc3c2O)cc1C. The van der Waals surface area contributed by atoms with Gasteiger partial charge in [0.1, 0.15) is 21.3 Å². The number of aromatic hydroxyl groups is 2. The van der Waals surface area contributed by atoms with Gasteiger partial charge >= 0.3 is 6.03 Å². The summed E-state index contributed by atoms with van der Waals surface area (Å²) in [5.41, 5.74) is 1.45. The number of anilines is 4. The number of hydrogen-bond acceptors (Lipinski definition) is 11. The maximum atomic E-state index is 13.0. The standard InChI is InChI=1S/C37H30N4O11S2/c1-19-15-21(38-29-17-31(53(47,48)49)25-7-3-5-9-27(25)33(29)42)11-13-23(19)35(44)40-37(46)41-36(45)24-14-12-22(16-20(24)2)39-30-18-32(54(50,51)52)26-8-4-6-10-28(26)34(30)43/h3-18,38-39,42-43H,1-2H3,(H,47,48,49)(H,50,51,52)(H2,40,41,44,45,46). The number of urea groups is 1. The number of carbonyl (C=O) groups is 3. The smallest absolute Gasteiger partial charge is 0.328 e. The van der Waals surface area contributed by atoms with E-state index in [1.165, 1.54) is 60.7 Å². The summed E-state index contributed by atoms with van der Waals surface area (Å²) in [6, 6.07) is 21.8. The predicted molar refractivity (Wildman–Crippen MR) is 200 cm³/mol. The van der Waals surface area contributed by atoms with Crippen LogP contribution in [-0.4, -0.2) is 54.0 Å². The fourth-order valence-electron chi connectivity index (χ4n) is 5.95. The molecule has 0 aliphatic carbocycles. The van der Waals surface area contributed by atoms with Gasteiger partial charge in [0.25, 0.3) is 32.1 Å². The van der Waals surface area contributed by atoms with Gasteiger partial charge in [-0.05, 0) is 73.5 Å². The van der Waals surface area contributed by atoms with Crippen molar-refractivity contribution >= 4 is 82.4 Å². The van der Waals surface area contributed by atoms with Crippen molar-refractivity contribution in [3.63, 3.8) is 0 Å². The van der Waals surface area contributed by atoms with Crippen LogP contribution in [0, 0.1) is 13.8 Å². The van der Waals surface area contributed by atoms with Crippen LogP contribution in [0.25, 0.3) is 21.5 Å². The third-order valence-electron chi connectivity index (χ3n) is 8.47. The van der Waals surface area contributed by atoms with Gasteiger partial charge in [-0.1, -0.05) is 48.5 Å². The first-order chi connectivity index (χ1) is 25.4. The molecule has 0 unspecified atom stereocenters. The molecule has 0 aliphatic rings. The lowest BCUT2D eigenvalue weighted by molar-refractivity contribution is 0.0944. The molecule has 6 aromatic carbocycles. The summed E-state index contributed by atoms with van der Waals surface area (Å²) in [7, 11) is -9.31. The lowest BCUT2D eigenvalue weighted by atomic mass is 10.1. The van der Waals surface area contributed by atoms with E-state index in [0.717, 1.165) is 12.1 Å². The molecule has 17 heteroatoms. The molecule has 0 aliphatic heterocycles. The van der Waals surface area contributed by atoms with Crippen LogP contribution >= 0.6 is 0 Å². The van der Waals surface area contributed by atoms with E-state index in [1.807, 2.05) is 0 Å². The van der Waals surface area contributed by atoms with Crippen LogP contribution < -0.4 is 21.3 Å². The van der Waals surface area contributed by atoms with Crippen molar-refractivity contribution in [2.24, 2.45) is 0 Å². The lowest BCUT2D eigenvalue weighted by Gasteiger charge is -2.15. The molecule has 0 spiro atoms. The Balaban J connectivity index is 1.13. The monoisotopic (exact) mass is 770 g/mol. The fourth-order valence-corrected chi connectivity index (χ4v) is 7.39. The van der Waals surface area contributed by atoms with Gasteiger partial charge in [-0.2, -0.15) is 16.8 Å². The lowest BCUT2D eigenvalue weighted by Crippen LogP contribution is -2.42. The Morgan fingerprint density at radius 2 is 0.870 bits per heavy atom. The van der Waals surface area contributed by atoms with Crippen LogP contribution in [0.15, 0.2) is 107 Å². The summed E-state index contributed by atoms with van der Waals surface area (Å²) in [5, 5.41) is 32.1. The topological polar surface area (TPSA) is 249 Å². The Kier molecular flexibility index (Phi) is 9.74. The summed E-state index contributed by atoms with van der Waals surface area (Å²) in [6.45, 7) is 3.13. The number of amides is 4. The molecular weight excluding hydrogens is 741 g/mol. The number of rotatable bonds is 8. The van der Waals surface area contributed by atoms with E-state index in [1.54, 1.807) is 38.1 Å². The fraction of sp³-hybridized carbons (Fsp3) is 0.0541. The number of fused-ring (bicyclic) bond motifs is 2. The Labute approximate surface area is 307 Å². The van der Waals surface area contributed by atoms with Crippen molar-refractivity contribution < 1.29 is 50.5 Å². The zero-order valence-electron chi connectivity index (χ0n) is 28.2. The largest absolute Gasteiger partial charge is 0.505 e. The third-order valence-corrected chi connectivity index (χ3v) is 10.3. The van der Waals surface area contributed by atoms with Crippen LogP contribution in [0.2, 0.25) is 0 Å². The van der Waals surface area contributed by atoms with E-state index in [4.69, 9.17) is 0 Å². The zero-order valence-corrected chi connectivity index (χ0v) is 29.8. The highest BCUT2D eigenvalue weighted by molar-refractivity contribution is 7.86. The molecule has 6 aromatic rings. The number of aryl methyl sites for hydroxylation is 2. The number of imide groups is 2. The Hall–Kier alpha value is -6.53. The molecule has 15 nitrogen and oxygen atoms in total. The minimum atomic E-state index is -4.66. The molecular formula is C37H30N4O11S2. The highest BCUT2D eigenvalue weighted by Crippen LogP contribution is 2.40. The molecule has 276 valence electrons. The van der Waals surface area contributed by atoms with Crippen molar-refractivity contribution in [3.8, 4) is 11.5 Å². The van der Waals surface area contributed by atoms with E-state index >= 15 is 0 Å². The second kappa shape index (κ2) is 14.1. The minimum Gasteiger partial charge on any atom is -0.505 e. The second-order valence-electron chi connectivity index (χ2n) is 12.1. The number of carbonyl (C=O) groups excluding carboxylic acids is 3. The van der Waals surface area contributed by atoms with E-state index in [9.17, 15) is 50.5 Å². The molecule has 8 N–H and O–H groups in total. The Morgan fingerprint density at radius 1 is 0.519 bits per heavy atom. The van der Waals surface area contributed by atoms with Crippen LogP contribution in [0.4, 0.5) is 27.5 Å². The molecule has 4 amide bonds. The maximum absolute atomic E-state index is 13.0. The Bertz CT molecular complexity index is 2600. The van der Waals surface area contributed by atoms with Crippen molar-refractivity contribution in [2.75, 3.05) is 10.6 Å². The first kappa shape index (κ1) is 37.2. The summed E-state index contributed by atoms with van der Waals surface area (Å²) in [5.74, 6) is -2.25. The van der Waals surface area contributed by atoms with Crippen molar-refractivity contribution in [1.82, 2.24) is 10.6 Å². The maximum Gasteiger partial charge on any atom is 0.328 e. The molecule has 0 atom stereocenters. The van der Waals surface area contributed by atoms with Gasteiger partial charge in [0.05, 0.1) is 11.4 Å². The van der Waals surface area contributed by atoms with E-state index in [0.29, 0.717) is 22.5 Å². The van der Waals surface area contributed by atoms with Crippen LogP contribution in [-0.2, 0) is 20.2 Å². The number of hydrogen-bond donors (Lipinski definition) is 8. The first-order valence-electron chi connectivity index (χ1n) is 15.8. The van der Waals surface area contributed by atoms with Crippen molar-refractivity contribution in [2.45, 2.75) is 23.6 Å². The van der Waals surface area contributed by atoms with Gasteiger partial charge in [-0.3, -0.25) is 29.3 Å². The number of nitrogens with one attached hydrogen (secondary N) is 4. The van der Waals surface area contributed by atoms with Gasteiger partial charge in [-0.15, -0.1) is 0 Å². The highest BCUT2D eigenvalue weighted by atomic mass is 32.2. The summed E-state index contributed by atoms with van der Waals surface area (Å²) in [4.78, 5) is 37.8. The molecule has 0 radical (unpaired) electrons. The van der Waals surface area contributed by atoms with Crippen LogP contribution in [0.5, 0.6) is 11.5 Å². The normalized spacial score (nSPS) is 11.6. The van der Waals surface area contributed by atoms with Crippen molar-refractivity contribution in [3.05, 3.63) is 119 Å². The molecule has 0 heterocycles. The predicted octanol–water partition coefficient (Wildman–Crippen LogP) is 6.28.